The van der Waals surface area contributed by atoms with E-state index >= 15 is 0 Å². The Hall–Kier alpha value is -3.07. The molecular formula is C18H20N6O2S. The zero-order chi connectivity index (χ0) is 19.0. The molecule has 1 N–H and O–H groups in total. The van der Waals surface area contributed by atoms with Gasteiger partial charge in [-0.15, -0.1) is 5.10 Å². The molecule has 4 aromatic rings. The van der Waals surface area contributed by atoms with Crippen molar-refractivity contribution in [3.05, 3.63) is 53.9 Å². The number of anilines is 1. The molecular weight excluding hydrogens is 364 g/mol. The molecule has 0 radical (unpaired) electrons. The third kappa shape index (κ3) is 3.33. The fourth-order valence-electron chi connectivity index (χ4n) is 2.94. The van der Waals surface area contributed by atoms with Crippen molar-refractivity contribution in [2.45, 2.75) is 13.0 Å². The highest BCUT2D eigenvalue weighted by atomic mass is 32.1. The monoisotopic (exact) mass is 384 g/mol. The molecule has 0 aliphatic heterocycles. The van der Waals surface area contributed by atoms with Crippen molar-refractivity contribution in [1.29, 1.82) is 0 Å². The molecule has 140 valence electrons. The van der Waals surface area contributed by atoms with Crippen LogP contribution in [0.15, 0.2) is 36.8 Å². The van der Waals surface area contributed by atoms with Crippen molar-refractivity contribution >= 4 is 21.4 Å². The first-order valence-electron chi connectivity index (χ1n) is 8.37. The van der Waals surface area contributed by atoms with Crippen LogP contribution in [0.4, 0.5) is 5.13 Å². The van der Waals surface area contributed by atoms with Gasteiger partial charge in [0.2, 0.25) is 10.1 Å². The van der Waals surface area contributed by atoms with Gasteiger partial charge >= 0.3 is 0 Å². The fourth-order valence-corrected chi connectivity index (χ4v) is 3.79. The van der Waals surface area contributed by atoms with Gasteiger partial charge in [0.1, 0.15) is 23.4 Å². The highest BCUT2D eigenvalue weighted by molar-refractivity contribution is 7.20. The molecule has 0 bridgehead atoms. The van der Waals surface area contributed by atoms with Crippen LogP contribution in [0.1, 0.15) is 23.1 Å². The van der Waals surface area contributed by atoms with Crippen LogP contribution in [0.3, 0.4) is 0 Å². The fraction of sp³-hybridized carbons (Fsp3) is 0.278. The lowest BCUT2D eigenvalue weighted by atomic mass is 10.1. The van der Waals surface area contributed by atoms with Gasteiger partial charge in [-0.2, -0.15) is 0 Å². The highest BCUT2D eigenvalue weighted by Crippen LogP contribution is 2.33. The van der Waals surface area contributed by atoms with Crippen molar-refractivity contribution in [1.82, 2.24) is 24.1 Å². The van der Waals surface area contributed by atoms with E-state index in [1.54, 1.807) is 24.9 Å². The quantitative estimate of drug-likeness (QED) is 0.550. The number of benzene rings is 1. The Morgan fingerprint density at radius 1 is 1.15 bits per heavy atom. The summed E-state index contributed by atoms with van der Waals surface area (Å²) in [7, 11) is 5.24. The summed E-state index contributed by atoms with van der Waals surface area (Å²) >= 11 is 1.49. The largest absolute Gasteiger partial charge is 0.497 e. The first-order valence-corrected chi connectivity index (χ1v) is 9.18. The summed E-state index contributed by atoms with van der Waals surface area (Å²) in [4.78, 5) is 9.84. The number of nitrogens with zero attached hydrogens (tertiary/aromatic N) is 5. The lowest BCUT2D eigenvalue weighted by Crippen LogP contribution is -2.17. The third-order valence-electron chi connectivity index (χ3n) is 4.26. The summed E-state index contributed by atoms with van der Waals surface area (Å²) in [5, 5.41) is 8.83. The van der Waals surface area contributed by atoms with E-state index in [-0.39, 0.29) is 6.04 Å². The molecule has 0 aliphatic rings. The molecule has 3 heterocycles. The minimum atomic E-state index is -0.231. The van der Waals surface area contributed by atoms with Gasteiger partial charge in [-0.05, 0) is 24.6 Å². The molecule has 0 saturated heterocycles. The molecule has 27 heavy (non-hydrogen) atoms. The van der Waals surface area contributed by atoms with E-state index in [9.17, 15) is 0 Å². The average Bonchev–Trinajstić information content (AvgIpc) is 3.33. The maximum Gasteiger partial charge on any atom is 0.214 e. The Kier molecular flexibility index (Phi) is 4.44. The Labute approximate surface area is 160 Å². The van der Waals surface area contributed by atoms with Gasteiger partial charge in [0.15, 0.2) is 0 Å². The number of ether oxygens (including phenoxy) is 2. The number of imidazole rings is 2. The SMILES string of the molecule is COc1cc(OC)cc(C(Nc2nn3cc(C)nc3s2)c2nccn2C)c1. The van der Waals surface area contributed by atoms with Crippen LogP contribution < -0.4 is 14.8 Å². The lowest BCUT2D eigenvalue weighted by molar-refractivity contribution is 0.393. The second-order valence-corrected chi connectivity index (χ2v) is 7.09. The Morgan fingerprint density at radius 2 is 1.89 bits per heavy atom. The number of hydrogen-bond acceptors (Lipinski definition) is 7. The van der Waals surface area contributed by atoms with Gasteiger partial charge in [0.05, 0.1) is 26.1 Å². The van der Waals surface area contributed by atoms with Crippen molar-refractivity contribution in [2.24, 2.45) is 7.05 Å². The Balaban J connectivity index is 1.77. The predicted molar refractivity (Wildman–Crippen MR) is 104 cm³/mol. The van der Waals surface area contributed by atoms with Crippen molar-refractivity contribution in [3.63, 3.8) is 0 Å². The standard InChI is InChI=1S/C18H20N6O2S/c1-11-10-24-18(20-11)27-17(22-24)21-15(16-19-5-6-23(16)2)12-7-13(25-3)9-14(8-12)26-4/h5-10,15H,1-4H3,(H,21,22). The molecule has 9 heteroatoms. The first-order chi connectivity index (χ1) is 13.1. The van der Waals surface area contributed by atoms with Gasteiger partial charge in [0.25, 0.3) is 0 Å². The smallest absolute Gasteiger partial charge is 0.214 e. The van der Waals surface area contributed by atoms with Crippen LogP contribution in [-0.2, 0) is 7.05 Å². The van der Waals surface area contributed by atoms with E-state index in [1.165, 1.54) is 11.3 Å². The minimum absolute atomic E-state index is 0.231. The van der Waals surface area contributed by atoms with E-state index in [0.29, 0.717) is 0 Å². The van der Waals surface area contributed by atoms with E-state index in [1.807, 2.05) is 49.1 Å². The normalized spacial score (nSPS) is 12.3. The van der Waals surface area contributed by atoms with Gasteiger partial charge in [-0.3, -0.25) is 0 Å². The van der Waals surface area contributed by atoms with E-state index in [4.69, 9.17) is 9.47 Å². The third-order valence-corrected chi connectivity index (χ3v) is 5.11. The molecule has 0 amide bonds. The summed E-state index contributed by atoms with van der Waals surface area (Å²) in [6.07, 6.45) is 5.60. The predicted octanol–water partition coefficient (Wildman–Crippen LogP) is 3.05. The summed E-state index contributed by atoms with van der Waals surface area (Å²) in [5.74, 6) is 2.29. The maximum absolute atomic E-state index is 5.43. The average molecular weight is 384 g/mol. The van der Waals surface area contributed by atoms with Gasteiger partial charge in [0, 0.05) is 25.5 Å². The van der Waals surface area contributed by atoms with Gasteiger partial charge < -0.3 is 19.4 Å². The summed E-state index contributed by atoms with van der Waals surface area (Å²) < 4.78 is 14.6. The van der Waals surface area contributed by atoms with Crippen molar-refractivity contribution in [2.75, 3.05) is 19.5 Å². The number of fused-ring (bicyclic) bond motifs is 1. The number of aryl methyl sites for hydroxylation is 2. The van der Waals surface area contributed by atoms with Crippen LogP contribution in [0, 0.1) is 6.92 Å². The summed E-state index contributed by atoms with van der Waals surface area (Å²) in [6, 6.07) is 5.56. The molecule has 3 aromatic heterocycles. The number of nitrogens with one attached hydrogen (secondary N) is 1. The highest BCUT2D eigenvalue weighted by Gasteiger charge is 2.22. The molecule has 8 nitrogen and oxygen atoms in total. The molecule has 0 aliphatic carbocycles. The van der Waals surface area contributed by atoms with Crippen molar-refractivity contribution in [3.8, 4) is 11.5 Å². The molecule has 4 rings (SSSR count). The molecule has 0 saturated carbocycles. The van der Waals surface area contributed by atoms with E-state index in [2.05, 4.69) is 20.4 Å². The number of methoxy groups -OCH3 is 2. The molecule has 0 spiro atoms. The minimum Gasteiger partial charge on any atom is -0.497 e. The summed E-state index contributed by atoms with van der Waals surface area (Å²) in [6.45, 7) is 1.95. The molecule has 1 atom stereocenters. The second-order valence-electron chi connectivity index (χ2n) is 6.14. The Bertz CT molecular complexity index is 1030. The molecule has 0 fully saturated rings. The van der Waals surface area contributed by atoms with Crippen molar-refractivity contribution < 1.29 is 9.47 Å². The van der Waals surface area contributed by atoms with Crippen LogP contribution in [0.5, 0.6) is 11.5 Å². The number of rotatable bonds is 6. The molecule has 1 unspecified atom stereocenters. The second kappa shape index (κ2) is 6.92. The topological polar surface area (TPSA) is 78.5 Å². The van der Waals surface area contributed by atoms with Crippen LogP contribution in [0.2, 0.25) is 0 Å². The zero-order valence-electron chi connectivity index (χ0n) is 15.5. The molecule has 1 aromatic carbocycles. The number of aromatic nitrogens is 5. The van der Waals surface area contributed by atoms with Crippen LogP contribution >= 0.6 is 11.3 Å². The van der Waals surface area contributed by atoms with E-state index in [0.717, 1.165) is 38.7 Å². The van der Waals surface area contributed by atoms with E-state index < -0.39 is 0 Å². The van der Waals surface area contributed by atoms with Crippen LogP contribution in [-0.4, -0.2) is 38.4 Å². The lowest BCUT2D eigenvalue weighted by Gasteiger charge is -2.20. The zero-order valence-corrected chi connectivity index (χ0v) is 16.3. The first kappa shape index (κ1) is 17.3. The summed E-state index contributed by atoms with van der Waals surface area (Å²) in [5.41, 5.74) is 1.91. The van der Waals surface area contributed by atoms with Gasteiger partial charge in [-0.1, -0.05) is 11.3 Å². The van der Waals surface area contributed by atoms with Crippen LogP contribution in [0.25, 0.3) is 4.96 Å². The maximum atomic E-state index is 5.43. The number of hydrogen-bond donors (Lipinski definition) is 1. The van der Waals surface area contributed by atoms with Gasteiger partial charge in [-0.25, -0.2) is 14.5 Å². The Morgan fingerprint density at radius 3 is 2.48 bits per heavy atom.